The smallest absolute Gasteiger partial charge is 0.310 e. The number of aliphatic carboxylic acids is 1. The highest BCUT2D eigenvalue weighted by Gasteiger charge is 2.41. The molecular weight excluding hydrogens is 282 g/mol. The summed E-state index contributed by atoms with van der Waals surface area (Å²) in [6, 6.07) is 0.0327. The minimum Gasteiger partial charge on any atom is -0.481 e. The zero-order chi connectivity index (χ0) is 14.8. The molecule has 2 unspecified atom stereocenters. The standard InChI is InChI=1S/C13H23NO5S/c1-2-5-14(10-3-6-20(17,18)7-4-10)12-9-19-8-11(12)13(15)16/h10-12H,2-9H2,1H3,(H,15,16). The van der Waals surface area contributed by atoms with Gasteiger partial charge in [-0.05, 0) is 25.8 Å². The van der Waals surface area contributed by atoms with Gasteiger partial charge in [-0.15, -0.1) is 0 Å². The third-order valence-electron chi connectivity index (χ3n) is 4.27. The molecule has 7 heteroatoms. The van der Waals surface area contributed by atoms with Gasteiger partial charge in [-0.3, -0.25) is 9.69 Å². The van der Waals surface area contributed by atoms with Gasteiger partial charge in [0.2, 0.25) is 0 Å². The van der Waals surface area contributed by atoms with Gasteiger partial charge in [-0.1, -0.05) is 6.92 Å². The van der Waals surface area contributed by atoms with E-state index < -0.39 is 21.7 Å². The van der Waals surface area contributed by atoms with Crippen molar-refractivity contribution in [2.45, 2.75) is 38.3 Å². The van der Waals surface area contributed by atoms with Crippen molar-refractivity contribution in [1.82, 2.24) is 4.90 Å². The summed E-state index contributed by atoms with van der Waals surface area (Å²) >= 11 is 0. The van der Waals surface area contributed by atoms with Crippen LogP contribution in [0.3, 0.4) is 0 Å². The third-order valence-corrected chi connectivity index (χ3v) is 5.98. The Morgan fingerprint density at radius 3 is 2.50 bits per heavy atom. The number of carbonyl (C=O) groups is 1. The van der Waals surface area contributed by atoms with Crippen molar-refractivity contribution in [2.24, 2.45) is 5.92 Å². The van der Waals surface area contributed by atoms with Gasteiger partial charge in [0.05, 0.1) is 30.6 Å². The fourth-order valence-corrected chi connectivity index (χ4v) is 4.66. The van der Waals surface area contributed by atoms with Crippen LogP contribution in [0.2, 0.25) is 0 Å². The van der Waals surface area contributed by atoms with Crippen molar-refractivity contribution in [1.29, 1.82) is 0 Å². The number of nitrogens with zero attached hydrogens (tertiary/aromatic N) is 1. The Morgan fingerprint density at radius 1 is 1.30 bits per heavy atom. The molecule has 0 aromatic rings. The van der Waals surface area contributed by atoms with Gasteiger partial charge in [0, 0.05) is 12.1 Å². The van der Waals surface area contributed by atoms with E-state index >= 15 is 0 Å². The molecule has 2 rings (SSSR count). The summed E-state index contributed by atoms with van der Waals surface area (Å²) in [5.74, 6) is -0.899. The minimum absolute atomic E-state index is 0.127. The monoisotopic (exact) mass is 305 g/mol. The molecule has 2 atom stereocenters. The molecule has 2 saturated heterocycles. The van der Waals surface area contributed by atoms with E-state index in [0.29, 0.717) is 19.4 Å². The number of hydrogen-bond acceptors (Lipinski definition) is 5. The summed E-state index contributed by atoms with van der Waals surface area (Å²) < 4.78 is 28.4. The van der Waals surface area contributed by atoms with E-state index in [1.54, 1.807) is 0 Å². The average Bonchev–Trinajstić information content (AvgIpc) is 2.85. The zero-order valence-electron chi connectivity index (χ0n) is 11.8. The average molecular weight is 305 g/mol. The maximum absolute atomic E-state index is 11.5. The highest BCUT2D eigenvalue weighted by molar-refractivity contribution is 7.91. The van der Waals surface area contributed by atoms with Crippen LogP contribution in [0.4, 0.5) is 0 Å². The summed E-state index contributed by atoms with van der Waals surface area (Å²) in [5.41, 5.74) is 0. The fraction of sp³-hybridized carbons (Fsp3) is 0.923. The van der Waals surface area contributed by atoms with Crippen LogP contribution in [-0.4, -0.2) is 67.7 Å². The summed E-state index contributed by atoms with van der Waals surface area (Å²) in [6.07, 6.45) is 2.13. The maximum Gasteiger partial charge on any atom is 0.310 e. The molecule has 2 aliphatic rings. The molecule has 0 amide bonds. The Balaban J connectivity index is 2.09. The molecule has 0 aromatic carbocycles. The first-order valence-corrected chi connectivity index (χ1v) is 9.03. The van der Waals surface area contributed by atoms with E-state index in [9.17, 15) is 18.3 Å². The third kappa shape index (κ3) is 3.51. The Bertz CT molecular complexity index is 436. The SMILES string of the molecule is CCCN(C1CCS(=O)(=O)CC1)C1COCC1C(=O)O. The maximum atomic E-state index is 11.5. The Morgan fingerprint density at radius 2 is 1.95 bits per heavy atom. The van der Waals surface area contributed by atoms with Crippen molar-refractivity contribution in [3.8, 4) is 0 Å². The summed E-state index contributed by atoms with van der Waals surface area (Å²) in [6.45, 7) is 3.53. The second-order valence-electron chi connectivity index (χ2n) is 5.67. The molecule has 0 saturated carbocycles. The molecule has 2 aliphatic heterocycles. The predicted octanol–water partition coefficient (Wildman–Crippen LogP) is 0.375. The van der Waals surface area contributed by atoms with Crippen molar-refractivity contribution < 1.29 is 23.1 Å². The lowest BCUT2D eigenvalue weighted by Gasteiger charge is -2.39. The van der Waals surface area contributed by atoms with Crippen LogP contribution in [-0.2, 0) is 19.4 Å². The Kier molecular flexibility index (Phi) is 5.04. The quantitative estimate of drug-likeness (QED) is 0.790. The van der Waals surface area contributed by atoms with Crippen molar-refractivity contribution in [2.75, 3.05) is 31.3 Å². The van der Waals surface area contributed by atoms with Crippen LogP contribution in [0.15, 0.2) is 0 Å². The van der Waals surface area contributed by atoms with Crippen LogP contribution >= 0.6 is 0 Å². The molecule has 0 aliphatic carbocycles. The van der Waals surface area contributed by atoms with Gasteiger partial charge in [-0.25, -0.2) is 8.42 Å². The van der Waals surface area contributed by atoms with Crippen LogP contribution in [0.25, 0.3) is 0 Å². The van der Waals surface area contributed by atoms with E-state index in [2.05, 4.69) is 11.8 Å². The van der Waals surface area contributed by atoms with Gasteiger partial charge in [0.15, 0.2) is 0 Å². The van der Waals surface area contributed by atoms with Gasteiger partial charge in [0.1, 0.15) is 9.84 Å². The number of hydrogen-bond donors (Lipinski definition) is 1. The molecule has 2 fully saturated rings. The molecule has 2 heterocycles. The minimum atomic E-state index is -2.89. The van der Waals surface area contributed by atoms with E-state index in [0.717, 1.165) is 13.0 Å². The molecule has 0 spiro atoms. The normalized spacial score (nSPS) is 30.7. The van der Waals surface area contributed by atoms with Gasteiger partial charge >= 0.3 is 5.97 Å². The van der Waals surface area contributed by atoms with Gasteiger partial charge in [-0.2, -0.15) is 0 Å². The molecular formula is C13H23NO5S. The number of ether oxygens (including phenoxy) is 1. The number of carboxylic acids is 1. The van der Waals surface area contributed by atoms with Gasteiger partial charge in [0.25, 0.3) is 0 Å². The second-order valence-corrected chi connectivity index (χ2v) is 7.97. The van der Waals surface area contributed by atoms with Crippen LogP contribution in [0.1, 0.15) is 26.2 Å². The molecule has 1 N–H and O–H groups in total. The highest BCUT2D eigenvalue weighted by atomic mass is 32.2. The first-order chi connectivity index (χ1) is 9.44. The van der Waals surface area contributed by atoms with Crippen LogP contribution in [0.5, 0.6) is 0 Å². The first-order valence-electron chi connectivity index (χ1n) is 7.21. The molecule has 0 radical (unpaired) electrons. The highest BCUT2D eigenvalue weighted by Crippen LogP contribution is 2.27. The zero-order valence-corrected chi connectivity index (χ0v) is 12.6. The van der Waals surface area contributed by atoms with E-state index in [-0.39, 0.29) is 30.2 Å². The largest absolute Gasteiger partial charge is 0.481 e. The van der Waals surface area contributed by atoms with Crippen molar-refractivity contribution in [3.63, 3.8) is 0 Å². The van der Waals surface area contributed by atoms with Crippen molar-refractivity contribution >= 4 is 15.8 Å². The molecule has 0 bridgehead atoms. The number of rotatable bonds is 5. The van der Waals surface area contributed by atoms with Crippen LogP contribution in [0, 0.1) is 5.92 Å². The predicted molar refractivity (Wildman–Crippen MR) is 74.4 cm³/mol. The topological polar surface area (TPSA) is 83.9 Å². The lowest BCUT2D eigenvalue weighted by molar-refractivity contribution is -0.143. The van der Waals surface area contributed by atoms with Crippen molar-refractivity contribution in [3.05, 3.63) is 0 Å². The van der Waals surface area contributed by atoms with Gasteiger partial charge < -0.3 is 9.84 Å². The number of carboxylic acid groups (broad SMARTS) is 1. The molecule has 20 heavy (non-hydrogen) atoms. The molecule has 116 valence electrons. The van der Waals surface area contributed by atoms with E-state index in [1.165, 1.54) is 0 Å². The Hall–Kier alpha value is -0.660. The number of sulfone groups is 1. The lowest BCUT2D eigenvalue weighted by Crippen LogP contribution is -2.51. The summed E-state index contributed by atoms with van der Waals surface area (Å²) in [7, 11) is -2.89. The first kappa shape index (κ1) is 15.7. The summed E-state index contributed by atoms with van der Waals surface area (Å²) in [5, 5.41) is 9.28. The fourth-order valence-electron chi connectivity index (χ4n) is 3.19. The molecule has 0 aromatic heterocycles. The second kappa shape index (κ2) is 6.41. The lowest BCUT2D eigenvalue weighted by atomic mass is 9.98. The molecule has 6 nitrogen and oxygen atoms in total. The van der Waals surface area contributed by atoms with E-state index in [1.807, 2.05) is 0 Å². The Labute approximate surface area is 120 Å². The summed E-state index contributed by atoms with van der Waals surface area (Å²) in [4.78, 5) is 13.5. The van der Waals surface area contributed by atoms with Crippen LogP contribution < -0.4 is 0 Å². The van der Waals surface area contributed by atoms with E-state index in [4.69, 9.17) is 4.74 Å².